The van der Waals surface area contributed by atoms with Gasteiger partial charge in [0.15, 0.2) is 0 Å². The molecule has 1 atom stereocenters. The summed E-state index contributed by atoms with van der Waals surface area (Å²) in [6.45, 7) is 4.07. The largest absolute Gasteiger partial charge is 0.331 e. The quantitative estimate of drug-likeness (QED) is 0.690. The molecule has 2 aromatic carbocycles. The second-order valence-electron chi connectivity index (χ2n) is 6.28. The zero-order valence-electron chi connectivity index (χ0n) is 13.6. The molecule has 0 unspecified atom stereocenters. The lowest BCUT2D eigenvalue weighted by molar-refractivity contribution is 0.0981. The first-order chi connectivity index (χ1) is 11.1. The van der Waals surface area contributed by atoms with Crippen LogP contribution in [0.25, 0.3) is 11.0 Å². The standard InChI is InChI=1S/C19H19N3O/c1-12-10-14-6-4-5-7-17(14)22(12)19(23)15-8-9-18-16(11-15)20-13(2)21(18)3/h4-9,11-12H,10H2,1-3H3/t12-/m1/s1. The molecule has 4 nitrogen and oxygen atoms in total. The van der Waals surface area contributed by atoms with Gasteiger partial charge in [-0.1, -0.05) is 18.2 Å². The molecule has 23 heavy (non-hydrogen) atoms. The van der Waals surface area contributed by atoms with Crippen molar-refractivity contribution in [2.75, 3.05) is 4.90 Å². The average Bonchev–Trinajstić information content (AvgIpc) is 3.02. The summed E-state index contributed by atoms with van der Waals surface area (Å²) in [5.41, 5.74) is 4.88. The third kappa shape index (κ3) is 2.05. The number of rotatable bonds is 1. The van der Waals surface area contributed by atoms with Crippen molar-refractivity contribution in [2.24, 2.45) is 7.05 Å². The van der Waals surface area contributed by atoms with Gasteiger partial charge >= 0.3 is 0 Å². The Hall–Kier alpha value is -2.62. The van der Waals surface area contributed by atoms with Crippen LogP contribution in [0.2, 0.25) is 0 Å². The number of aryl methyl sites for hydroxylation is 2. The molecule has 1 aliphatic rings. The van der Waals surface area contributed by atoms with Gasteiger partial charge in [-0.2, -0.15) is 0 Å². The first kappa shape index (κ1) is 14.0. The van der Waals surface area contributed by atoms with Crippen LogP contribution in [0.4, 0.5) is 5.69 Å². The van der Waals surface area contributed by atoms with E-state index in [9.17, 15) is 4.79 Å². The van der Waals surface area contributed by atoms with Crippen LogP contribution in [0.1, 0.15) is 28.7 Å². The third-order valence-corrected chi connectivity index (χ3v) is 4.78. The molecule has 0 spiro atoms. The molecular weight excluding hydrogens is 286 g/mol. The Morgan fingerprint density at radius 2 is 2.00 bits per heavy atom. The van der Waals surface area contributed by atoms with Crippen LogP contribution in [-0.2, 0) is 13.5 Å². The van der Waals surface area contributed by atoms with Gasteiger partial charge in [-0.25, -0.2) is 4.98 Å². The van der Waals surface area contributed by atoms with E-state index < -0.39 is 0 Å². The van der Waals surface area contributed by atoms with Gasteiger partial charge in [-0.15, -0.1) is 0 Å². The van der Waals surface area contributed by atoms with Crippen molar-refractivity contribution in [3.63, 3.8) is 0 Å². The van der Waals surface area contributed by atoms with Gasteiger partial charge in [-0.3, -0.25) is 4.79 Å². The van der Waals surface area contributed by atoms with Crippen LogP contribution in [0.5, 0.6) is 0 Å². The molecule has 1 amide bonds. The van der Waals surface area contributed by atoms with Crippen LogP contribution in [0.15, 0.2) is 42.5 Å². The molecular formula is C19H19N3O. The zero-order chi connectivity index (χ0) is 16.1. The van der Waals surface area contributed by atoms with Crippen LogP contribution in [0.3, 0.4) is 0 Å². The van der Waals surface area contributed by atoms with Gasteiger partial charge in [0.05, 0.1) is 11.0 Å². The number of carbonyl (C=O) groups excluding carboxylic acids is 1. The van der Waals surface area contributed by atoms with Gasteiger partial charge in [0.1, 0.15) is 5.82 Å². The summed E-state index contributed by atoms with van der Waals surface area (Å²) in [7, 11) is 1.99. The normalized spacial score (nSPS) is 16.8. The monoisotopic (exact) mass is 305 g/mol. The van der Waals surface area contributed by atoms with Gasteiger partial charge in [0.25, 0.3) is 5.91 Å². The van der Waals surface area contributed by atoms with Gasteiger partial charge < -0.3 is 9.47 Å². The molecule has 4 heteroatoms. The van der Waals surface area contributed by atoms with Crippen molar-refractivity contribution in [3.05, 3.63) is 59.4 Å². The van der Waals surface area contributed by atoms with Crippen LogP contribution >= 0.6 is 0 Å². The molecule has 1 aromatic heterocycles. The maximum Gasteiger partial charge on any atom is 0.258 e. The number of carbonyl (C=O) groups is 1. The number of para-hydroxylation sites is 1. The Balaban J connectivity index is 1.77. The van der Waals surface area contributed by atoms with E-state index in [1.807, 2.05) is 59.8 Å². The lowest BCUT2D eigenvalue weighted by atomic mass is 10.1. The number of imidazole rings is 1. The number of fused-ring (bicyclic) bond motifs is 2. The highest BCUT2D eigenvalue weighted by Crippen LogP contribution is 2.33. The number of hydrogen-bond donors (Lipinski definition) is 0. The van der Waals surface area contributed by atoms with Crippen molar-refractivity contribution in [2.45, 2.75) is 26.3 Å². The molecule has 0 saturated heterocycles. The minimum Gasteiger partial charge on any atom is -0.331 e. The summed E-state index contributed by atoms with van der Waals surface area (Å²) in [6, 6.07) is 14.1. The Bertz CT molecular complexity index is 926. The number of amides is 1. The van der Waals surface area contributed by atoms with E-state index in [4.69, 9.17) is 0 Å². The van der Waals surface area contributed by atoms with E-state index in [2.05, 4.69) is 18.0 Å². The predicted octanol–water partition coefficient (Wildman–Crippen LogP) is 3.47. The smallest absolute Gasteiger partial charge is 0.258 e. The predicted molar refractivity (Wildman–Crippen MR) is 91.9 cm³/mol. The van der Waals surface area contributed by atoms with Crippen molar-refractivity contribution in [3.8, 4) is 0 Å². The average molecular weight is 305 g/mol. The lowest BCUT2D eigenvalue weighted by Crippen LogP contribution is -2.35. The van der Waals surface area contributed by atoms with E-state index in [0.29, 0.717) is 5.56 Å². The van der Waals surface area contributed by atoms with E-state index in [1.54, 1.807) is 0 Å². The fraction of sp³-hybridized carbons (Fsp3) is 0.263. The Kier molecular flexibility index (Phi) is 3.01. The van der Waals surface area contributed by atoms with Crippen molar-refractivity contribution in [1.29, 1.82) is 0 Å². The fourth-order valence-corrected chi connectivity index (χ4v) is 3.47. The molecule has 1 aliphatic heterocycles. The van der Waals surface area contributed by atoms with Gasteiger partial charge in [0, 0.05) is 24.3 Å². The number of anilines is 1. The molecule has 0 saturated carbocycles. The van der Waals surface area contributed by atoms with Crippen LogP contribution in [0, 0.1) is 6.92 Å². The second-order valence-corrected chi connectivity index (χ2v) is 6.28. The third-order valence-electron chi connectivity index (χ3n) is 4.78. The molecule has 0 fully saturated rings. The molecule has 0 aliphatic carbocycles. The molecule has 4 rings (SSSR count). The maximum absolute atomic E-state index is 13.0. The number of nitrogens with zero attached hydrogens (tertiary/aromatic N) is 3. The Morgan fingerprint density at radius 1 is 1.22 bits per heavy atom. The molecule has 0 N–H and O–H groups in total. The summed E-state index contributed by atoms with van der Waals surface area (Å²) in [5.74, 6) is 0.997. The first-order valence-electron chi connectivity index (χ1n) is 7.91. The number of aromatic nitrogens is 2. The zero-order valence-corrected chi connectivity index (χ0v) is 13.6. The Labute approximate surface area is 135 Å². The molecule has 3 aromatic rings. The summed E-state index contributed by atoms with van der Waals surface area (Å²) in [6.07, 6.45) is 0.910. The number of benzene rings is 2. The van der Waals surface area contributed by atoms with Crippen molar-refractivity contribution < 1.29 is 4.79 Å². The van der Waals surface area contributed by atoms with E-state index in [1.165, 1.54) is 5.56 Å². The molecule has 0 bridgehead atoms. The van der Waals surface area contributed by atoms with Crippen LogP contribution in [-0.4, -0.2) is 21.5 Å². The Morgan fingerprint density at radius 3 is 2.83 bits per heavy atom. The lowest BCUT2D eigenvalue weighted by Gasteiger charge is -2.22. The maximum atomic E-state index is 13.0. The van der Waals surface area contributed by atoms with Gasteiger partial charge in [-0.05, 0) is 50.1 Å². The summed E-state index contributed by atoms with van der Waals surface area (Å²) in [5, 5.41) is 0. The number of hydrogen-bond acceptors (Lipinski definition) is 2. The molecule has 116 valence electrons. The van der Waals surface area contributed by atoms with Crippen molar-refractivity contribution in [1.82, 2.24) is 9.55 Å². The minimum absolute atomic E-state index is 0.0488. The van der Waals surface area contributed by atoms with Crippen molar-refractivity contribution >= 4 is 22.6 Å². The highest BCUT2D eigenvalue weighted by molar-refractivity contribution is 6.09. The van der Waals surface area contributed by atoms with E-state index >= 15 is 0 Å². The SMILES string of the molecule is Cc1nc2cc(C(=O)N3c4ccccc4C[C@H]3C)ccc2n1C. The topological polar surface area (TPSA) is 38.1 Å². The minimum atomic E-state index is 0.0488. The highest BCUT2D eigenvalue weighted by Gasteiger charge is 2.31. The van der Waals surface area contributed by atoms with Crippen LogP contribution < -0.4 is 4.90 Å². The van der Waals surface area contributed by atoms with Gasteiger partial charge in [0.2, 0.25) is 0 Å². The summed E-state index contributed by atoms with van der Waals surface area (Å²) in [4.78, 5) is 19.5. The molecule has 0 radical (unpaired) electrons. The fourth-order valence-electron chi connectivity index (χ4n) is 3.47. The first-order valence-corrected chi connectivity index (χ1v) is 7.91. The second kappa shape index (κ2) is 4.95. The summed E-state index contributed by atoms with van der Waals surface area (Å²) < 4.78 is 2.04. The van der Waals surface area contributed by atoms with E-state index in [-0.39, 0.29) is 11.9 Å². The molecule has 2 heterocycles. The van der Waals surface area contributed by atoms with E-state index in [0.717, 1.165) is 29.0 Å². The highest BCUT2D eigenvalue weighted by atomic mass is 16.2. The summed E-state index contributed by atoms with van der Waals surface area (Å²) >= 11 is 0.